The number of primary amides is 1. The molecule has 0 spiro atoms. The number of rotatable bonds is 5. The molecule has 5 N–H and O–H groups in total. The molecular formula is C15H21N3O2. The lowest BCUT2D eigenvalue weighted by atomic mass is 9.95. The summed E-state index contributed by atoms with van der Waals surface area (Å²) in [5, 5.41) is 2.88. The molecule has 0 fully saturated rings. The summed E-state index contributed by atoms with van der Waals surface area (Å²) in [6, 6.07) is 5.68. The molecule has 1 aliphatic rings. The van der Waals surface area contributed by atoms with Crippen molar-refractivity contribution in [3.63, 3.8) is 0 Å². The molecule has 1 aliphatic heterocycles. The zero-order chi connectivity index (χ0) is 14.5. The van der Waals surface area contributed by atoms with Gasteiger partial charge in [-0.15, -0.1) is 0 Å². The van der Waals surface area contributed by atoms with Crippen molar-refractivity contribution in [3.05, 3.63) is 34.9 Å². The molecule has 1 heterocycles. The van der Waals surface area contributed by atoms with Crippen molar-refractivity contribution in [2.75, 3.05) is 6.54 Å². The molecule has 1 aromatic carbocycles. The summed E-state index contributed by atoms with van der Waals surface area (Å²) in [4.78, 5) is 22.7. The molecule has 0 saturated carbocycles. The number of hydrogen-bond acceptors (Lipinski definition) is 3. The second kappa shape index (κ2) is 6.52. The van der Waals surface area contributed by atoms with E-state index in [1.807, 2.05) is 18.2 Å². The number of nitrogens with one attached hydrogen (secondary N) is 1. The zero-order valence-corrected chi connectivity index (χ0v) is 11.5. The van der Waals surface area contributed by atoms with Crippen molar-refractivity contribution in [1.29, 1.82) is 0 Å². The lowest BCUT2D eigenvalue weighted by molar-refractivity contribution is -0.118. The minimum atomic E-state index is -0.307. The first-order valence-corrected chi connectivity index (χ1v) is 7.03. The van der Waals surface area contributed by atoms with Gasteiger partial charge in [-0.2, -0.15) is 0 Å². The third-order valence-electron chi connectivity index (χ3n) is 3.65. The first-order valence-electron chi connectivity index (χ1n) is 7.03. The highest BCUT2D eigenvalue weighted by atomic mass is 16.2. The van der Waals surface area contributed by atoms with E-state index >= 15 is 0 Å². The van der Waals surface area contributed by atoms with E-state index in [4.69, 9.17) is 11.5 Å². The summed E-state index contributed by atoms with van der Waals surface area (Å²) < 4.78 is 0. The molecule has 2 amide bonds. The molecule has 20 heavy (non-hydrogen) atoms. The summed E-state index contributed by atoms with van der Waals surface area (Å²) in [5.41, 5.74) is 14.0. The van der Waals surface area contributed by atoms with Gasteiger partial charge in [0.25, 0.3) is 5.91 Å². The van der Waals surface area contributed by atoms with E-state index in [1.165, 1.54) is 0 Å². The summed E-state index contributed by atoms with van der Waals surface area (Å²) in [6.07, 6.45) is 3.57. The fourth-order valence-electron chi connectivity index (χ4n) is 2.49. The second-order valence-electron chi connectivity index (χ2n) is 5.24. The van der Waals surface area contributed by atoms with Crippen molar-refractivity contribution in [1.82, 2.24) is 5.32 Å². The van der Waals surface area contributed by atoms with E-state index in [0.29, 0.717) is 25.8 Å². The molecule has 0 aromatic heterocycles. The quantitative estimate of drug-likeness (QED) is 0.748. The maximum Gasteiger partial charge on any atom is 0.251 e. The van der Waals surface area contributed by atoms with Crippen molar-refractivity contribution in [3.8, 4) is 0 Å². The van der Waals surface area contributed by atoms with E-state index in [0.717, 1.165) is 29.5 Å². The number of nitrogens with two attached hydrogens (primary N) is 2. The highest BCUT2D eigenvalue weighted by Gasteiger charge is 2.17. The van der Waals surface area contributed by atoms with E-state index in [9.17, 15) is 9.59 Å². The van der Waals surface area contributed by atoms with Crippen LogP contribution in [-0.4, -0.2) is 18.4 Å². The summed E-state index contributed by atoms with van der Waals surface area (Å²) >= 11 is 0. The minimum Gasteiger partial charge on any atom is -0.370 e. The Kier molecular flexibility index (Phi) is 4.74. The van der Waals surface area contributed by atoms with Gasteiger partial charge in [0, 0.05) is 24.6 Å². The Labute approximate surface area is 118 Å². The van der Waals surface area contributed by atoms with Crippen LogP contribution in [0.25, 0.3) is 0 Å². The van der Waals surface area contributed by atoms with Gasteiger partial charge in [-0.3, -0.25) is 9.59 Å². The van der Waals surface area contributed by atoms with Crippen LogP contribution in [0.5, 0.6) is 0 Å². The monoisotopic (exact) mass is 275 g/mol. The maximum atomic E-state index is 12.0. The van der Waals surface area contributed by atoms with Gasteiger partial charge in [-0.05, 0) is 42.9 Å². The second-order valence-corrected chi connectivity index (χ2v) is 5.24. The van der Waals surface area contributed by atoms with Gasteiger partial charge in [0.2, 0.25) is 5.91 Å². The standard InChI is InChI=1S/C15H21N3O2/c16-13(4-1-5-14(17)19)11-7-6-10-3-2-8-18-15(20)12(10)9-11/h6-7,9,13H,1-5,8,16H2,(H2,17,19)(H,18,20). The lowest BCUT2D eigenvalue weighted by Crippen LogP contribution is -2.23. The van der Waals surface area contributed by atoms with Crippen LogP contribution in [-0.2, 0) is 11.2 Å². The van der Waals surface area contributed by atoms with Gasteiger partial charge in [0.1, 0.15) is 0 Å². The van der Waals surface area contributed by atoms with Gasteiger partial charge >= 0.3 is 0 Å². The average molecular weight is 275 g/mol. The molecule has 1 atom stereocenters. The van der Waals surface area contributed by atoms with Crippen molar-refractivity contribution in [2.24, 2.45) is 11.5 Å². The van der Waals surface area contributed by atoms with Crippen LogP contribution in [0.4, 0.5) is 0 Å². The van der Waals surface area contributed by atoms with E-state index in [2.05, 4.69) is 5.32 Å². The third-order valence-corrected chi connectivity index (χ3v) is 3.65. The Morgan fingerprint density at radius 2 is 2.20 bits per heavy atom. The number of benzene rings is 1. The summed E-state index contributed by atoms with van der Waals surface area (Å²) in [6.45, 7) is 0.716. The molecule has 0 bridgehead atoms. The van der Waals surface area contributed by atoms with Crippen LogP contribution in [0.1, 0.15) is 53.2 Å². The van der Waals surface area contributed by atoms with Gasteiger partial charge in [0.05, 0.1) is 0 Å². The molecule has 0 aliphatic carbocycles. The molecule has 5 heteroatoms. The van der Waals surface area contributed by atoms with Crippen LogP contribution >= 0.6 is 0 Å². The highest BCUT2D eigenvalue weighted by Crippen LogP contribution is 2.22. The topological polar surface area (TPSA) is 98.2 Å². The predicted octanol–water partition coefficient (Wildman–Crippen LogP) is 1.02. The molecule has 2 rings (SSSR count). The average Bonchev–Trinajstić information content (AvgIpc) is 2.60. The largest absolute Gasteiger partial charge is 0.370 e. The highest BCUT2D eigenvalue weighted by molar-refractivity contribution is 5.96. The smallest absolute Gasteiger partial charge is 0.251 e. The molecular weight excluding hydrogens is 254 g/mol. The lowest BCUT2D eigenvalue weighted by Gasteiger charge is -2.14. The van der Waals surface area contributed by atoms with Gasteiger partial charge in [-0.1, -0.05) is 12.1 Å². The number of hydrogen-bond donors (Lipinski definition) is 3. The number of carbonyl (C=O) groups is 2. The van der Waals surface area contributed by atoms with Crippen molar-refractivity contribution in [2.45, 2.75) is 38.1 Å². The normalized spacial score (nSPS) is 15.9. The van der Waals surface area contributed by atoms with Gasteiger partial charge in [0.15, 0.2) is 0 Å². The van der Waals surface area contributed by atoms with Gasteiger partial charge < -0.3 is 16.8 Å². The van der Waals surface area contributed by atoms with Crippen LogP contribution in [0.15, 0.2) is 18.2 Å². The van der Waals surface area contributed by atoms with Crippen LogP contribution in [0.2, 0.25) is 0 Å². The fourth-order valence-corrected chi connectivity index (χ4v) is 2.49. The fraction of sp³-hybridized carbons (Fsp3) is 0.467. The molecule has 1 unspecified atom stereocenters. The molecule has 108 valence electrons. The minimum absolute atomic E-state index is 0.0244. The number of fused-ring (bicyclic) bond motifs is 1. The Bertz CT molecular complexity index is 514. The predicted molar refractivity (Wildman–Crippen MR) is 77.1 cm³/mol. The van der Waals surface area contributed by atoms with Crippen LogP contribution < -0.4 is 16.8 Å². The number of amides is 2. The van der Waals surface area contributed by atoms with Crippen LogP contribution in [0.3, 0.4) is 0 Å². The van der Waals surface area contributed by atoms with Gasteiger partial charge in [-0.25, -0.2) is 0 Å². The molecule has 0 saturated heterocycles. The Morgan fingerprint density at radius 1 is 1.40 bits per heavy atom. The van der Waals surface area contributed by atoms with Crippen molar-refractivity contribution >= 4 is 11.8 Å². The SMILES string of the molecule is NC(=O)CCCC(N)c1ccc2c(c1)C(=O)NCCC2. The Hall–Kier alpha value is -1.88. The summed E-state index contributed by atoms with van der Waals surface area (Å²) in [5.74, 6) is -0.331. The summed E-state index contributed by atoms with van der Waals surface area (Å²) in [7, 11) is 0. The van der Waals surface area contributed by atoms with E-state index in [-0.39, 0.29) is 17.9 Å². The van der Waals surface area contributed by atoms with Crippen LogP contribution in [0, 0.1) is 0 Å². The number of carbonyl (C=O) groups excluding carboxylic acids is 2. The molecule has 5 nitrogen and oxygen atoms in total. The van der Waals surface area contributed by atoms with E-state index < -0.39 is 0 Å². The number of aryl methyl sites for hydroxylation is 1. The third kappa shape index (κ3) is 3.57. The zero-order valence-electron chi connectivity index (χ0n) is 11.5. The first kappa shape index (κ1) is 14.5. The van der Waals surface area contributed by atoms with E-state index in [1.54, 1.807) is 0 Å². The Balaban J connectivity index is 2.09. The molecule has 1 aromatic rings. The Morgan fingerprint density at radius 3 is 2.95 bits per heavy atom. The van der Waals surface area contributed by atoms with Crippen molar-refractivity contribution < 1.29 is 9.59 Å². The first-order chi connectivity index (χ1) is 9.58. The molecule has 0 radical (unpaired) electrons. The maximum absolute atomic E-state index is 12.0.